The lowest BCUT2D eigenvalue weighted by Gasteiger charge is -2.19. The van der Waals surface area contributed by atoms with E-state index in [1.54, 1.807) is 0 Å². The highest BCUT2D eigenvalue weighted by Gasteiger charge is 2.23. The number of aromatic amines is 1. The molecule has 0 aliphatic rings. The number of carbonyl (C=O) groups is 2. The first-order valence-electron chi connectivity index (χ1n) is 6.66. The molecule has 5 heteroatoms. The first-order chi connectivity index (χ1) is 9.11. The van der Waals surface area contributed by atoms with E-state index in [0.717, 1.165) is 16.8 Å². The van der Waals surface area contributed by atoms with Gasteiger partial charge in [-0.05, 0) is 45.7 Å². The van der Waals surface area contributed by atoms with Gasteiger partial charge < -0.3 is 14.5 Å². The minimum atomic E-state index is -0.527. The molecule has 1 heterocycles. The van der Waals surface area contributed by atoms with Crippen molar-refractivity contribution >= 4 is 11.9 Å². The number of aryl methyl sites for hydroxylation is 1. The molecule has 0 fully saturated rings. The molecular formula is C15H23NO4. The molecule has 112 valence electrons. The molecule has 1 aromatic rings. The highest BCUT2D eigenvalue weighted by atomic mass is 16.6. The minimum absolute atomic E-state index is 0.303. The zero-order chi connectivity index (χ0) is 15.5. The van der Waals surface area contributed by atoms with Crippen LogP contribution in [0.1, 0.15) is 55.0 Å². The quantitative estimate of drug-likeness (QED) is 0.862. The molecule has 0 amide bonds. The number of aromatic nitrogens is 1. The van der Waals surface area contributed by atoms with Gasteiger partial charge in [0.15, 0.2) is 0 Å². The summed E-state index contributed by atoms with van der Waals surface area (Å²) >= 11 is 0. The number of esters is 2. The van der Waals surface area contributed by atoms with E-state index in [0.29, 0.717) is 18.7 Å². The summed E-state index contributed by atoms with van der Waals surface area (Å²) in [6.07, 6.45) is 0.580. The molecule has 0 aliphatic carbocycles. The second kappa shape index (κ2) is 6.11. The summed E-state index contributed by atoms with van der Waals surface area (Å²) in [6.45, 7) is 10.9. The number of ether oxygens (including phenoxy) is 2. The highest BCUT2D eigenvalue weighted by Crippen LogP contribution is 2.21. The van der Waals surface area contributed by atoms with Crippen LogP contribution < -0.4 is 0 Å². The first-order valence-corrected chi connectivity index (χ1v) is 6.66. The van der Waals surface area contributed by atoms with E-state index in [1.807, 2.05) is 34.6 Å². The topological polar surface area (TPSA) is 68.4 Å². The monoisotopic (exact) mass is 281 g/mol. The molecular weight excluding hydrogens is 258 g/mol. The standard InChI is InChI=1S/C15H23NO4/c1-9-12(7-8-19-11(3)17)10(2)16-13(9)14(18)20-15(4,5)6/h16H,7-8H2,1-6H3. The van der Waals surface area contributed by atoms with Gasteiger partial charge in [-0.2, -0.15) is 0 Å². The largest absolute Gasteiger partial charge is 0.466 e. The molecule has 1 aromatic heterocycles. The van der Waals surface area contributed by atoms with Gasteiger partial charge >= 0.3 is 11.9 Å². The third-order valence-electron chi connectivity index (χ3n) is 2.85. The summed E-state index contributed by atoms with van der Waals surface area (Å²) < 4.78 is 10.3. The van der Waals surface area contributed by atoms with Crippen LogP contribution in [0.15, 0.2) is 0 Å². The predicted molar refractivity (Wildman–Crippen MR) is 75.8 cm³/mol. The summed E-state index contributed by atoms with van der Waals surface area (Å²) in [7, 11) is 0. The van der Waals surface area contributed by atoms with Crippen molar-refractivity contribution in [3.05, 3.63) is 22.5 Å². The van der Waals surface area contributed by atoms with E-state index in [-0.39, 0.29) is 11.9 Å². The molecule has 0 aromatic carbocycles. The fourth-order valence-corrected chi connectivity index (χ4v) is 1.99. The van der Waals surface area contributed by atoms with Crippen LogP contribution >= 0.6 is 0 Å². The Labute approximate surface area is 119 Å². The van der Waals surface area contributed by atoms with Crippen molar-refractivity contribution in [3.8, 4) is 0 Å². The molecule has 1 N–H and O–H groups in total. The van der Waals surface area contributed by atoms with Gasteiger partial charge in [-0.25, -0.2) is 4.79 Å². The Kier molecular flexibility index (Phi) is 4.98. The molecule has 0 spiro atoms. The van der Waals surface area contributed by atoms with Gasteiger partial charge in [0.25, 0.3) is 0 Å². The Morgan fingerprint density at radius 3 is 2.30 bits per heavy atom. The van der Waals surface area contributed by atoms with E-state index < -0.39 is 5.60 Å². The number of rotatable bonds is 4. The van der Waals surface area contributed by atoms with Crippen molar-refractivity contribution in [1.29, 1.82) is 0 Å². The Morgan fingerprint density at radius 2 is 1.80 bits per heavy atom. The van der Waals surface area contributed by atoms with Gasteiger partial charge in [-0.1, -0.05) is 0 Å². The SMILES string of the molecule is CC(=O)OCCc1c(C)[nH]c(C(=O)OC(C)(C)C)c1C. The second-order valence-corrected chi connectivity index (χ2v) is 5.82. The summed E-state index contributed by atoms with van der Waals surface area (Å²) in [5, 5.41) is 0. The smallest absolute Gasteiger partial charge is 0.355 e. The summed E-state index contributed by atoms with van der Waals surface area (Å²) in [5.41, 5.74) is 2.68. The molecule has 0 unspecified atom stereocenters. The van der Waals surface area contributed by atoms with Crippen LogP contribution in [0.3, 0.4) is 0 Å². The van der Waals surface area contributed by atoms with Crippen LogP contribution in [0.4, 0.5) is 0 Å². The normalized spacial score (nSPS) is 11.3. The van der Waals surface area contributed by atoms with Gasteiger partial charge in [0.2, 0.25) is 0 Å². The number of carbonyl (C=O) groups excluding carboxylic acids is 2. The number of H-pyrrole nitrogens is 1. The molecule has 5 nitrogen and oxygen atoms in total. The summed E-state index contributed by atoms with van der Waals surface area (Å²) in [5.74, 6) is -0.667. The lowest BCUT2D eigenvalue weighted by Crippen LogP contribution is -2.24. The van der Waals surface area contributed by atoms with Gasteiger partial charge in [0.1, 0.15) is 11.3 Å². The predicted octanol–water partition coefficient (Wildman–Crippen LogP) is 2.69. The molecule has 0 saturated carbocycles. The molecule has 20 heavy (non-hydrogen) atoms. The fraction of sp³-hybridized carbons (Fsp3) is 0.600. The van der Waals surface area contributed by atoms with Gasteiger partial charge in [0.05, 0.1) is 6.61 Å². The van der Waals surface area contributed by atoms with Crippen LogP contribution in [0.25, 0.3) is 0 Å². The lowest BCUT2D eigenvalue weighted by molar-refractivity contribution is -0.140. The van der Waals surface area contributed by atoms with Crippen molar-refractivity contribution in [1.82, 2.24) is 4.98 Å². The molecule has 0 saturated heterocycles. The lowest BCUT2D eigenvalue weighted by atomic mass is 10.1. The van der Waals surface area contributed by atoms with Gasteiger partial charge in [-0.3, -0.25) is 4.79 Å². The average molecular weight is 281 g/mol. The summed E-state index contributed by atoms with van der Waals surface area (Å²) in [6, 6.07) is 0. The molecule has 1 rings (SSSR count). The van der Waals surface area contributed by atoms with E-state index in [2.05, 4.69) is 4.98 Å². The third kappa shape index (κ3) is 4.40. The fourth-order valence-electron chi connectivity index (χ4n) is 1.99. The van der Waals surface area contributed by atoms with Crippen molar-refractivity contribution in [2.24, 2.45) is 0 Å². The van der Waals surface area contributed by atoms with Crippen molar-refractivity contribution in [2.75, 3.05) is 6.61 Å². The second-order valence-electron chi connectivity index (χ2n) is 5.82. The van der Waals surface area contributed by atoms with Crippen molar-refractivity contribution < 1.29 is 19.1 Å². The van der Waals surface area contributed by atoms with Crippen LogP contribution in [-0.2, 0) is 20.7 Å². The maximum absolute atomic E-state index is 12.1. The van der Waals surface area contributed by atoms with Gasteiger partial charge in [0, 0.05) is 19.0 Å². The molecule has 0 bridgehead atoms. The number of nitrogens with one attached hydrogen (secondary N) is 1. The average Bonchev–Trinajstić information content (AvgIpc) is 2.54. The Bertz CT molecular complexity index is 509. The van der Waals surface area contributed by atoms with E-state index >= 15 is 0 Å². The van der Waals surface area contributed by atoms with E-state index in [1.165, 1.54) is 6.92 Å². The van der Waals surface area contributed by atoms with Crippen molar-refractivity contribution in [2.45, 2.75) is 53.6 Å². The maximum Gasteiger partial charge on any atom is 0.355 e. The zero-order valence-corrected chi connectivity index (χ0v) is 13.0. The Balaban J connectivity index is 2.86. The minimum Gasteiger partial charge on any atom is -0.466 e. The zero-order valence-electron chi connectivity index (χ0n) is 13.0. The van der Waals surface area contributed by atoms with E-state index in [4.69, 9.17) is 9.47 Å². The van der Waals surface area contributed by atoms with Crippen LogP contribution in [0.5, 0.6) is 0 Å². The third-order valence-corrected chi connectivity index (χ3v) is 2.85. The molecule has 0 atom stereocenters. The Hall–Kier alpha value is -1.78. The molecule has 0 aliphatic heterocycles. The van der Waals surface area contributed by atoms with E-state index in [9.17, 15) is 9.59 Å². The first kappa shape index (κ1) is 16.3. The van der Waals surface area contributed by atoms with Crippen LogP contribution in [-0.4, -0.2) is 29.1 Å². The highest BCUT2D eigenvalue weighted by molar-refractivity contribution is 5.90. The Morgan fingerprint density at radius 1 is 1.20 bits per heavy atom. The number of hydrogen-bond donors (Lipinski definition) is 1. The van der Waals surface area contributed by atoms with Crippen molar-refractivity contribution in [3.63, 3.8) is 0 Å². The van der Waals surface area contributed by atoms with Crippen LogP contribution in [0.2, 0.25) is 0 Å². The van der Waals surface area contributed by atoms with Gasteiger partial charge in [-0.15, -0.1) is 0 Å². The maximum atomic E-state index is 12.1. The number of hydrogen-bond acceptors (Lipinski definition) is 4. The van der Waals surface area contributed by atoms with Crippen LogP contribution in [0, 0.1) is 13.8 Å². The molecule has 0 radical (unpaired) electrons. The summed E-state index contributed by atoms with van der Waals surface area (Å²) in [4.78, 5) is 25.9.